The lowest BCUT2D eigenvalue weighted by molar-refractivity contribution is -0.117. The summed E-state index contributed by atoms with van der Waals surface area (Å²) in [6.07, 6.45) is 0.325. The van der Waals surface area contributed by atoms with Gasteiger partial charge >= 0.3 is 5.97 Å². The highest BCUT2D eigenvalue weighted by molar-refractivity contribution is 9.10. The van der Waals surface area contributed by atoms with Crippen LogP contribution in [0.5, 0.6) is 0 Å². The summed E-state index contributed by atoms with van der Waals surface area (Å²) in [4.78, 5) is 24.9. The van der Waals surface area contributed by atoms with E-state index in [2.05, 4.69) is 20.7 Å². The van der Waals surface area contributed by atoms with Crippen molar-refractivity contribution in [2.75, 3.05) is 18.6 Å². The maximum Gasteiger partial charge on any atom is 0.339 e. The second-order valence-corrected chi connectivity index (χ2v) is 5.43. The standard InChI is InChI=1S/C12H11BrClNO3/c1-18-12(17)9-5-8(2-3-10(9)13)15-6-7(14)4-11(15)16/h2-3,5,7H,4,6H2,1H3. The molecule has 0 N–H and O–H groups in total. The van der Waals surface area contributed by atoms with Gasteiger partial charge in [-0.1, -0.05) is 0 Å². The second-order valence-electron chi connectivity index (χ2n) is 3.96. The fourth-order valence-corrected chi connectivity index (χ4v) is 2.54. The van der Waals surface area contributed by atoms with Crippen LogP contribution in [0.25, 0.3) is 0 Å². The SMILES string of the molecule is COC(=O)c1cc(N2CC(Cl)CC2=O)ccc1Br. The van der Waals surface area contributed by atoms with Gasteiger partial charge in [-0.25, -0.2) is 4.79 Å². The number of benzene rings is 1. The summed E-state index contributed by atoms with van der Waals surface area (Å²) in [6, 6.07) is 5.11. The molecule has 6 heteroatoms. The van der Waals surface area contributed by atoms with Crippen molar-refractivity contribution in [3.8, 4) is 0 Å². The van der Waals surface area contributed by atoms with Crippen molar-refractivity contribution in [1.29, 1.82) is 0 Å². The Morgan fingerprint density at radius 1 is 1.56 bits per heavy atom. The van der Waals surface area contributed by atoms with E-state index >= 15 is 0 Å². The fourth-order valence-electron chi connectivity index (χ4n) is 1.86. The molecule has 96 valence electrons. The van der Waals surface area contributed by atoms with E-state index in [9.17, 15) is 9.59 Å². The Labute approximate surface area is 118 Å². The summed E-state index contributed by atoms with van der Waals surface area (Å²) >= 11 is 9.23. The molecule has 0 spiro atoms. The fraction of sp³-hybridized carbons (Fsp3) is 0.333. The maximum absolute atomic E-state index is 11.7. The van der Waals surface area contributed by atoms with Crippen LogP contribution in [0.2, 0.25) is 0 Å². The van der Waals surface area contributed by atoms with Gasteiger partial charge in [-0.2, -0.15) is 0 Å². The van der Waals surface area contributed by atoms with Crippen LogP contribution >= 0.6 is 27.5 Å². The number of nitrogens with zero attached hydrogens (tertiary/aromatic N) is 1. The van der Waals surface area contributed by atoms with Crippen LogP contribution in [0, 0.1) is 0 Å². The van der Waals surface area contributed by atoms with Crippen molar-refractivity contribution in [2.45, 2.75) is 11.8 Å². The van der Waals surface area contributed by atoms with E-state index in [0.29, 0.717) is 28.7 Å². The van der Waals surface area contributed by atoms with Crippen molar-refractivity contribution < 1.29 is 14.3 Å². The van der Waals surface area contributed by atoms with Crippen molar-refractivity contribution in [2.24, 2.45) is 0 Å². The zero-order valence-corrected chi connectivity index (χ0v) is 12.0. The summed E-state index contributed by atoms with van der Waals surface area (Å²) < 4.78 is 5.32. The number of hydrogen-bond acceptors (Lipinski definition) is 3. The first-order valence-corrected chi connectivity index (χ1v) is 6.58. The predicted octanol–water partition coefficient (Wildman–Crippen LogP) is 2.58. The summed E-state index contributed by atoms with van der Waals surface area (Å²) in [5.41, 5.74) is 1.05. The minimum absolute atomic E-state index is 0.0341. The van der Waals surface area contributed by atoms with Crippen molar-refractivity contribution in [3.05, 3.63) is 28.2 Å². The molecule has 1 aromatic carbocycles. The van der Waals surface area contributed by atoms with Gasteiger partial charge in [0.15, 0.2) is 0 Å². The van der Waals surface area contributed by atoms with Crippen LogP contribution in [0.15, 0.2) is 22.7 Å². The van der Waals surface area contributed by atoms with Crippen molar-refractivity contribution in [3.63, 3.8) is 0 Å². The van der Waals surface area contributed by atoms with Gasteiger partial charge in [-0.3, -0.25) is 4.79 Å². The Balaban J connectivity index is 2.35. The number of anilines is 1. The van der Waals surface area contributed by atoms with Gasteiger partial charge < -0.3 is 9.64 Å². The predicted molar refractivity (Wildman–Crippen MR) is 72.1 cm³/mol. The van der Waals surface area contributed by atoms with Gasteiger partial charge in [0.05, 0.1) is 18.1 Å². The molecule has 0 aliphatic carbocycles. The number of esters is 1. The van der Waals surface area contributed by atoms with Gasteiger partial charge in [0.2, 0.25) is 5.91 Å². The molecule has 1 aliphatic heterocycles. The van der Waals surface area contributed by atoms with Crippen LogP contribution in [0.3, 0.4) is 0 Å². The quantitative estimate of drug-likeness (QED) is 0.618. The highest BCUT2D eigenvalue weighted by atomic mass is 79.9. The van der Waals surface area contributed by atoms with E-state index in [1.807, 2.05) is 0 Å². The minimum Gasteiger partial charge on any atom is -0.465 e. The molecule has 1 amide bonds. The topological polar surface area (TPSA) is 46.6 Å². The van der Waals surface area contributed by atoms with Crippen LogP contribution in [-0.2, 0) is 9.53 Å². The molecule has 1 unspecified atom stereocenters. The Hall–Kier alpha value is -1.07. The van der Waals surface area contributed by atoms with Crippen LogP contribution < -0.4 is 4.90 Å². The third-order valence-corrected chi connectivity index (χ3v) is 3.73. The number of amides is 1. The Morgan fingerprint density at radius 2 is 2.28 bits per heavy atom. The maximum atomic E-state index is 11.7. The zero-order valence-electron chi connectivity index (χ0n) is 9.65. The molecule has 0 radical (unpaired) electrons. The van der Waals surface area contributed by atoms with Crippen LogP contribution in [0.4, 0.5) is 5.69 Å². The molecule has 4 nitrogen and oxygen atoms in total. The molecule has 0 aromatic heterocycles. The molecule has 1 aromatic rings. The average molecular weight is 333 g/mol. The molecule has 1 atom stereocenters. The molecule has 1 saturated heterocycles. The first-order chi connectivity index (χ1) is 8.52. The van der Waals surface area contributed by atoms with Gasteiger partial charge in [0.25, 0.3) is 0 Å². The third-order valence-electron chi connectivity index (χ3n) is 2.74. The van der Waals surface area contributed by atoms with Crippen molar-refractivity contribution in [1.82, 2.24) is 0 Å². The highest BCUT2D eigenvalue weighted by Gasteiger charge is 2.29. The zero-order chi connectivity index (χ0) is 13.3. The first-order valence-electron chi connectivity index (χ1n) is 5.35. The van der Waals surface area contributed by atoms with Gasteiger partial charge in [-0.15, -0.1) is 11.6 Å². The number of alkyl halides is 1. The van der Waals surface area contributed by atoms with E-state index in [1.165, 1.54) is 7.11 Å². The molecular weight excluding hydrogens is 321 g/mol. The number of methoxy groups -OCH3 is 1. The Kier molecular flexibility index (Phi) is 3.92. The van der Waals surface area contributed by atoms with E-state index in [0.717, 1.165) is 0 Å². The first kappa shape index (κ1) is 13.4. The summed E-state index contributed by atoms with van der Waals surface area (Å²) in [5.74, 6) is -0.481. The Bertz CT molecular complexity index is 506. The van der Waals surface area contributed by atoms with E-state index in [-0.39, 0.29) is 11.3 Å². The second kappa shape index (κ2) is 5.28. The van der Waals surface area contributed by atoms with Crippen LogP contribution in [0.1, 0.15) is 16.8 Å². The lowest BCUT2D eigenvalue weighted by Crippen LogP contribution is -2.24. The summed E-state index contributed by atoms with van der Waals surface area (Å²) in [7, 11) is 1.32. The molecule has 0 bridgehead atoms. The lowest BCUT2D eigenvalue weighted by Gasteiger charge is -2.17. The lowest BCUT2D eigenvalue weighted by atomic mass is 10.2. The summed E-state index contributed by atoms with van der Waals surface area (Å²) in [6.45, 7) is 0.461. The Morgan fingerprint density at radius 3 is 2.83 bits per heavy atom. The number of halogens is 2. The monoisotopic (exact) mass is 331 g/mol. The molecule has 2 rings (SSSR count). The highest BCUT2D eigenvalue weighted by Crippen LogP contribution is 2.28. The average Bonchev–Trinajstić information content (AvgIpc) is 2.68. The van der Waals surface area contributed by atoms with Crippen molar-refractivity contribution >= 4 is 45.1 Å². The normalized spacial score (nSPS) is 19.2. The molecule has 0 saturated carbocycles. The van der Waals surface area contributed by atoms with Gasteiger partial charge in [0.1, 0.15) is 0 Å². The van der Waals surface area contributed by atoms with E-state index in [1.54, 1.807) is 23.1 Å². The molecule has 1 aliphatic rings. The smallest absolute Gasteiger partial charge is 0.339 e. The number of ether oxygens (including phenoxy) is 1. The van der Waals surface area contributed by atoms with Gasteiger partial charge in [-0.05, 0) is 34.1 Å². The largest absolute Gasteiger partial charge is 0.465 e. The number of carbonyl (C=O) groups excluding carboxylic acids is 2. The molecule has 1 fully saturated rings. The summed E-state index contributed by atoms with van der Waals surface area (Å²) in [5, 5.41) is -0.178. The minimum atomic E-state index is -0.446. The number of rotatable bonds is 2. The van der Waals surface area contributed by atoms with Crippen LogP contribution in [-0.4, -0.2) is 30.9 Å². The molecular formula is C12H11BrClNO3. The van der Waals surface area contributed by atoms with Gasteiger partial charge in [0, 0.05) is 23.1 Å². The third kappa shape index (κ3) is 2.52. The molecule has 18 heavy (non-hydrogen) atoms. The number of carbonyl (C=O) groups is 2. The van der Waals surface area contributed by atoms with E-state index in [4.69, 9.17) is 11.6 Å². The number of hydrogen-bond donors (Lipinski definition) is 0. The molecule has 1 heterocycles. The van der Waals surface area contributed by atoms with E-state index < -0.39 is 5.97 Å².